The molecule has 1 atom stereocenters. The molecular weight excluding hydrogens is 877 g/mol. The molecule has 6 nitrogen and oxygen atoms in total. The maximum Gasteiger partial charge on any atom is 0.306 e. The minimum absolute atomic E-state index is 0.0825. The third-order valence-electron chi connectivity index (χ3n) is 13.2. The van der Waals surface area contributed by atoms with Crippen molar-refractivity contribution in [2.24, 2.45) is 0 Å². The maximum absolute atomic E-state index is 12.9. The second-order valence-corrected chi connectivity index (χ2v) is 20.2. The molecule has 410 valence electrons. The number of ether oxygens (including phenoxy) is 3. The average molecular weight is 992 g/mol. The average Bonchev–Trinajstić information content (AvgIpc) is 3.37. The van der Waals surface area contributed by atoms with Gasteiger partial charge < -0.3 is 14.2 Å². The Morgan fingerprint density at radius 3 is 0.859 bits per heavy atom. The smallest absolute Gasteiger partial charge is 0.306 e. The van der Waals surface area contributed by atoms with Gasteiger partial charge in [-0.1, -0.05) is 267 Å². The Hall–Kier alpha value is -3.15. The number of hydrogen-bond acceptors (Lipinski definition) is 6. The highest BCUT2D eigenvalue weighted by molar-refractivity contribution is 5.71. The van der Waals surface area contributed by atoms with E-state index in [0.717, 1.165) is 116 Å². The number of carbonyl (C=O) groups is 3. The van der Waals surface area contributed by atoms with Gasteiger partial charge >= 0.3 is 17.9 Å². The number of carbonyl (C=O) groups excluding carboxylic acids is 3. The second kappa shape index (κ2) is 59.4. The van der Waals surface area contributed by atoms with E-state index in [9.17, 15) is 14.4 Å². The molecule has 0 radical (unpaired) electrons. The first-order valence-corrected chi connectivity index (χ1v) is 30.4. The van der Waals surface area contributed by atoms with Crippen molar-refractivity contribution in [2.75, 3.05) is 13.2 Å². The number of esters is 3. The summed E-state index contributed by atoms with van der Waals surface area (Å²) >= 11 is 0. The highest BCUT2D eigenvalue weighted by atomic mass is 16.6. The van der Waals surface area contributed by atoms with E-state index < -0.39 is 6.10 Å². The third kappa shape index (κ3) is 57.6. The summed E-state index contributed by atoms with van der Waals surface area (Å²) in [6, 6.07) is 0. The molecule has 6 heteroatoms. The zero-order valence-corrected chi connectivity index (χ0v) is 47.0. The van der Waals surface area contributed by atoms with E-state index in [1.807, 2.05) is 0 Å². The van der Waals surface area contributed by atoms with Gasteiger partial charge in [0.1, 0.15) is 13.2 Å². The molecule has 0 spiro atoms. The largest absolute Gasteiger partial charge is 0.462 e. The Kier molecular flexibility index (Phi) is 56.8. The van der Waals surface area contributed by atoms with Crippen LogP contribution in [0.4, 0.5) is 0 Å². The van der Waals surface area contributed by atoms with Crippen LogP contribution in [-0.2, 0) is 28.6 Å². The number of unbranched alkanes of at least 4 members (excludes halogenated alkanes) is 32. The molecule has 0 aliphatic rings. The first-order chi connectivity index (χ1) is 35.0. The van der Waals surface area contributed by atoms with E-state index in [2.05, 4.69) is 93.7 Å². The lowest BCUT2D eigenvalue weighted by Gasteiger charge is -2.18. The summed E-state index contributed by atoms with van der Waals surface area (Å²) in [5.74, 6) is -0.895. The Morgan fingerprint density at radius 1 is 0.296 bits per heavy atom. The predicted molar refractivity (Wildman–Crippen MR) is 307 cm³/mol. The highest BCUT2D eigenvalue weighted by Gasteiger charge is 2.19. The molecule has 0 amide bonds. The van der Waals surface area contributed by atoms with Crippen LogP contribution in [0.15, 0.2) is 72.9 Å². The van der Waals surface area contributed by atoms with Crippen LogP contribution in [0.1, 0.15) is 303 Å². The lowest BCUT2D eigenvalue weighted by Crippen LogP contribution is -2.30. The Labute approximate surface area is 440 Å². The van der Waals surface area contributed by atoms with Gasteiger partial charge in [0, 0.05) is 19.3 Å². The van der Waals surface area contributed by atoms with Gasteiger partial charge in [-0.25, -0.2) is 0 Å². The van der Waals surface area contributed by atoms with Crippen LogP contribution < -0.4 is 0 Å². The molecule has 0 rings (SSSR count). The molecule has 0 saturated heterocycles. The van der Waals surface area contributed by atoms with E-state index in [-0.39, 0.29) is 31.1 Å². The molecule has 0 aromatic carbocycles. The van der Waals surface area contributed by atoms with Crippen molar-refractivity contribution < 1.29 is 28.6 Å². The minimum atomic E-state index is -0.787. The van der Waals surface area contributed by atoms with Gasteiger partial charge in [0.15, 0.2) is 6.10 Å². The molecule has 0 aliphatic heterocycles. The molecule has 0 saturated carbocycles. The summed E-state index contributed by atoms with van der Waals surface area (Å²) in [5.41, 5.74) is 0. The lowest BCUT2D eigenvalue weighted by atomic mass is 10.0. The monoisotopic (exact) mass is 991 g/mol. The van der Waals surface area contributed by atoms with E-state index in [0.29, 0.717) is 19.3 Å². The summed E-state index contributed by atoms with van der Waals surface area (Å²) in [4.78, 5) is 38.2. The fourth-order valence-electron chi connectivity index (χ4n) is 8.64. The van der Waals surface area contributed by atoms with Crippen molar-refractivity contribution in [3.8, 4) is 0 Å². The van der Waals surface area contributed by atoms with E-state index in [1.165, 1.54) is 148 Å². The van der Waals surface area contributed by atoms with Crippen molar-refractivity contribution in [1.29, 1.82) is 0 Å². The number of rotatable bonds is 55. The van der Waals surface area contributed by atoms with Gasteiger partial charge in [-0.15, -0.1) is 0 Å². The van der Waals surface area contributed by atoms with Gasteiger partial charge in [-0.2, -0.15) is 0 Å². The Morgan fingerprint density at radius 2 is 0.549 bits per heavy atom. The van der Waals surface area contributed by atoms with Crippen LogP contribution in [0.2, 0.25) is 0 Å². The van der Waals surface area contributed by atoms with E-state index in [4.69, 9.17) is 14.2 Å². The van der Waals surface area contributed by atoms with Crippen molar-refractivity contribution in [3.63, 3.8) is 0 Å². The van der Waals surface area contributed by atoms with Gasteiger partial charge in [-0.05, 0) is 89.9 Å². The molecule has 0 heterocycles. The highest BCUT2D eigenvalue weighted by Crippen LogP contribution is 2.16. The predicted octanol–water partition coefficient (Wildman–Crippen LogP) is 20.5. The van der Waals surface area contributed by atoms with Crippen molar-refractivity contribution in [1.82, 2.24) is 0 Å². The fraction of sp³-hybridized carbons (Fsp3) is 0.769. The summed E-state index contributed by atoms with van der Waals surface area (Å²) in [7, 11) is 0. The summed E-state index contributed by atoms with van der Waals surface area (Å²) in [6.07, 6.45) is 76.1. The second-order valence-electron chi connectivity index (χ2n) is 20.2. The molecular formula is C65H114O6. The molecule has 71 heavy (non-hydrogen) atoms. The van der Waals surface area contributed by atoms with Gasteiger partial charge in [0.05, 0.1) is 0 Å². The van der Waals surface area contributed by atoms with Crippen LogP contribution in [0.25, 0.3) is 0 Å². The van der Waals surface area contributed by atoms with Crippen LogP contribution >= 0.6 is 0 Å². The third-order valence-corrected chi connectivity index (χ3v) is 13.2. The van der Waals surface area contributed by atoms with Crippen molar-refractivity contribution in [3.05, 3.63) is 72.9 Å². The minimum Gasteiger partial charge on any atom is -0.462 e. The first-order valence-electron chi connectivity index (χ1n) is 30.4. The van der Waals surface area contributed by atoms with E-state index >= 15 is 0 Å². The number of hydrogen-bond donors (Lipinski definition) is 0. The molecule has 0 fully saturated rings. The molecule has 0 N–H and O–H groups in total. The van der Waals surface area contributed by atoms with Crippen molar-refractivity contribution in [2.45, 2.75) is 309 Å². The van der Waals surface area contributed by atoms with Crippen LogP contribution in [-0.4, -0.2) is 37.2 Å². The zero-order chi connectivity index (χ0) is 51.4. The molecule has 0 aromatic heterocycles. The van der Waals surface area contributed by atoms with Gasteiger partial charge in [0.25, 0.3) is 0 Å². The molecule has 1 unspecified atom stereocenters. The molecule has 0 aromatic rings. The standard InChI is InChI=1S/C65H114O6/c1-4-7-10-13-16-19-22-25-28-29-30-31-32-33-34-35-38-40-43-46-49-52-55-58-64(67)70-61-62(71-65(68)59-56-53-50-47-44-41-37-27-24-21-18-15-12-9-6-3)60-69-63(66)57-54-51-48-45-42-39-36-26-23-20-17-14-11-8-5-2/h9,12,18,21-22,25,27,29-30,32-33,37,62H,4-8,10-11,13-17,19-20,23-24,26,28,31,34-36,38-61H2,1-3H3/b12-9-,21-18-,25-22-,30-29-,33-32-,37-27-. The number of allylic oxidation sites excluding steroid dienone is 12. The van der Waals surface area contributed by atoms with Gasteiger partial charge in [-0.3, -0.25) is 14.4 Å². The Balaban J connectivity index is 4.35. The summed E-state index contributed by atoms with van der Waals surface area (Å²) < 4.78 is 16.9. The SMILES string of the molecule is CC/C=C\C/C=C\C/C=C\CCCCCCCC(=O)OC(COC(=O)CCCCCCCCCC/C=C\C/C=C\C/C=C\CCCCCCC)COC(=O)CCCCCCCCCCCCCCCCC. The van der Waals surface area contributed by atoms with Gasteiger partial charge in [0.2, 0.25) is 0 Å². The quantitative estimate of drug-likeness (QED) is 0.0261. The van der Waals surface area contributed by atoms with Crippen molar-refractivity contribution >= 4 is 17.9 Å². The van der Waals surface area contributed by atoms with E-state index in [1.54, 1.807) is 0 Å². The summed E-state index contributed by atoms with van der Waals surface area (Å²) in [5, 5.41) is 0. The lowest BCUT2D eigenvalue weighted by molar-refractivity contribution is -0.167. The Bertz CT molecular complexity index is 1320. The topological polar surface area (TPSA) is 78.9 Å². The van der Waals surface area contributed by atoms with Crippen LogP contribution in [0.5, 0.6) is 0 Å². The summed E-state index contributed by atoms with van der Waals surface area (Å²) in [6.45, 7) is 6.53. The zero-order valence-electron chi connectivity index (χ0n) is 47.0. The first kappa shape index (κ1) is 67.8. The normalized spacial score (nSPS) is 12.5. The van der Waals surface area contributed by atoms with Crippen LogP contribution in [0.3, 0.4) is 0 Å². The molecule has 0 aliphatic carbocycles. The van der Waals surface area contributed by atoms with Crippen LogP contribution in [0, 0.1) is 0 Å². The maximum atomic E-state index is 12.9. The molecule has 0 bridgehead atoms. The fourth-order valence-corrected chi connectivity index (χ4v) is 8.64.